The van der Waals surface area contributed by atoms with Crippen LogP contribution in [-0.4, -0.2) is 21.9 Å². The van der Waals surface area contributed by atoms with Crippen LogP contribution in [0.2, 0.25) is 5.02 Å². The average molecular weight is 378 g/mol. The third-order valence-electron chi connectivity index (χ3n) is 3.28. The van der Waals surface area contributed by atoms with Crippen LogP contribution in [0.5, 0.6) is 0 Å². The van der Waals surface area contributed by atoms with E-state index in [1.54, 1.807) is 24.3 Å². The fraction of sp³-hybridized carbons (Fsp3) is 0.118. The van der Waals surface area contributed by atoms with Crippen LogP contribution >= 0.6 is 23.4 Å². The van der Waals surface area contributed by atoms with Gasteiger partial charge in [-0.15, -0.1) is 10.2 Å². The highest BCUT2D eigenvalue weighted by atomic mass is 35.5. The summed E-state index contributed by atoms with van der Waals surface area (Å²) in [5.41, 5.74) is 2.17. The minimum Gasteiger partial charge on any atom is -0.411 e. The van der Waals surface area contributed by atoms with Crippen LogP contribution in [0.1, 0.15) is 5.56 Å². The van der Waals surface area contributed by atoms with Gasteiger partial charge in [-0.3, -0.25) is 4.79 Å². The van der Waals surface area contributed by atoms with Crippen molar-refractivity contribution in [2.45, 2.75) is 12.1 Å². The van der Waals surface area contributed by atoms with Gasteiger partial charge in [0.2, 0.25) is 11.8 Å². The third kappa shape index (κ3) is 4.58. The molecule has 0 aliphatic heterocycles. The lowest BCUT2D eigenvalue weighted by Gasteiger charge is -2.05. The largest absolute Gasteiger partial charge is 0.411 e. The number of carbonyl (C=O) groups excluding carboxylic acids is 1. The number of hydrogen-bond acceptors (Lipinski definition) is 5. The molecule has 0 bridgehead atoms. The van der Waals surface area contributed by atoms with E-state index in [-0.39, 0.29) is 28.6 Å². The predicted molar refractivity (Wildman–Crippen MR) is 95.2 cm³/mol. The minimum atomic E-state index is -0.342. The van der Waals surface area contributed by atoms with E-state index < -0.39 is 0 Å². The number of aryl methyl sites for hydroxylation is 1. The van der Waals surface area contributed by atoms with Gasteiger partial charge in [-0.05, 0) is 48.9 Å². The minimum absolute atomic E-state index is 0.108. The molecule has 0 aliphatic rings. The maximum absolute atomic E-state index is 12.9. The standard InChI is InChI=1S/C17H13ClFN3O2S/c1-10-2-7-13(8-14(10)18)20-15(23)9-25-17-22-21-16(24-17)11-3-5-12(19)6-4-11/h2-8H,9H2,1H3,(H,20,23). The van der Waals surface area contributed by atoms with Gasteiger partial charge < -0.3 is 9.73 Å². The van der Waals surface area contributed by atoms with Crippen LogP contribution in [0.4, 0.5) is 10.1 Å². The van der Waals surface area contributed by atoms with E-state index in [0.717, 1.165) is 17.3 Å². The Bertz CT molecular complexity index is 899. The second kappa shape index (κ2) is 7.67. The first-order valence-corrected chi connectivity index (χ1v) is 8.66. The molecule has 1 aromatic heterocycles. The van der Waals surface area contributed by atoms with Gasteiger partial charge in [0.25, 0.3) is 5.22 Å². The van der Waals surface area contributed by atoms with Crippen molar-refractivity contribution in [3.05, 3.63) is 58.9 Å². The summed E-state index contributed by atoms with van der Waals surface area (Å²) < 4.78 is 18.4. The van der Waals surface area contributed by atoms with Gasteiger partial charge in [-0.25, -0.2) is 4.39 Å². The second-order valence-corrected chi connectivity index (χ2v) is 6.51. The van der Waals surface area contributed by atoms with E-state index in [9.17, 15) is 9.18 Å². The number of anilines is 1. The molecule has 0 spiro atoms. The third-order valence-corrected chi connectivity index (χ3v) is 4.51. The Morgan fingerprint density at radius 3 is 2.72 bits per heavy atom. The summed E-state index contributed by atoms with van der Waals surface area (Å²) in [4.78, 5) is 12.0. The van der Waals surface area contributed by atoms with E-state index >= 15 is 0 Å². The number of hydrogen-bond donors (Lipinski definition) is 1. The van der Waals surface area contributed by atoms with Crippen LogP contribution in [0.15, 0.2) is 52.1 Å². The van der Waals surface area contributed by atoms with Crippen LogP contribution in [0, 0.1) is 12.7 Å². The molecular weight excluding hydrogens is 365 g/mol. The van der Waals surface area contributed by atoms with E-state index in [2.05, 4.69) is 15.5 Å². The summed E-state index contributed by atoms with van der Waals surface area (Å²) in [7, 11) is 0. The number of amides is 1. The molecule has 0 atom stereocenters. The van der Waals surface area contributed by atoms with Crippen molar-refractivity contribution in [3.8, 4) is 11.5 Å². The van der Waals surface area contributed by atoms with E-state index in [4.69, 9.17) is 16.0 Å². The lowest BCUT2D eigenvalue weighted by molar-refractivity contribution is -0.113. The first-order chi connectivity index (χ1) is 12.0. The predicted octanol–water partition coefficient (Wildman–Crippen LogP) is 4.57. The lowest BCUT2D eigenvalue weighted by atomic mass is 10.2. The van der Waals surface area contributed by atoms with Crippen molar-refractivity contribution < 1.29 is 13.6 Å². The summed E-state index contributed by atoms with van der Waals surface area (Å²) >= 11 is 7.14. The highest BCUT2D eigenvalue weighted by Crippen LogP contribution is 2.24. The summed E-state index contributed by atoms with van der Waals surface area (Å²) in [6, 6.07) is 11.0. The second-order valence-electron chi connectivity index (χ2n) is 5.18. The molecule has 25 heavy (non-hydrogen) atoms. The zero-order valence-electron chi connectivity index (χ0n) is 13.1. The van der Waals surface area contributed by atoms with Crippen LogP contribution in [0.25, 0.3) is 11.5 Å². The number of nitrogens with zero attached hydrogens (tertiary/aromatic N) is 2. The van der Waals surface area contributed by atoms with Gasteiger partial charge in [0, 0.05) is 16.3 Å². The molecule has 1 N–H and O–H groups in total. The quantitative estimate of drug-likeness (QED) is 0.660. The zero-order valence-corrected chi connectivity index (χ0v) is 14.7. The molecular formula is C17H13ClFN3O2S. The molecule has 3 aromatic rings. The molecule has 5 nitrogen and oxygen atoms in total. The van der Waals surface area contributed by atoms with Gasteiger partial charge >= 0.3 is 0 Å². The maximum Gasteiger partial charge on any atom is 0.277 e. The number of halogens is 2. The lowest BCUT2D eigenvalue weighted by Crippen LogP contribution is -2.14. The van der Waals surface area contributed by atoms with Crippen LogP contribution in [0.3, 0.4) is 0 Å². The van der Waals surface area contributed by atoms with Gasteiger partial charge in [-0.2, -0.15) is 0 Å². The molecule has 2 aromatic carbocycles. The maximum atomic E-state index is 12.9. The molecule has 3 rings (SSSR count). The van der Waals surface area contributed by atoms with Gasteiger partial charge in [0.05, 0.1) is 5.75 Å². The van der Waals surface area contributed by atoms with E-state index in [0.29, 0.717) is 16.3 Å². The van der Waals surface area contributed by atoms with Crippen LogP contribution in [-0.2, 0) is 4.79 Å². The van der Waals surface area contributed by atoms with Gasteiger partial charge in [-0.1, -0.05) is 29.4 Å². The number of benzene rings is 2. The molecule has 0 fully saturated rings. The zero-order chi connectivity index (χ0) is 17.8. The molecule has 128 valence electrons. The average Bonchev–Trinajstić information content (AvgIpc) is 3.06. The molecule has 1 heterocycles. The highest BCUT2D eigenvalue weighted by molar-refractivity contribution is 7.99. The summed E-state index contributed by atoms with van der Waals surface area (Å²) in [5, 5.41) is 11.4. The summed E-state index contributed by atoms with van der Waals surface area (Å²) in [6.45, 7) is 1.89. The number of thioether (sulfide) groups is 1. The first-order valence-electron chi connectivity index (χ1n) is 7.29. The highest BCUT2D eigenvalue weighted by Gasteiger charge is 2.12. The Hall–Kier alpha value is -2.38. The molecule has 0 aliphatic carbocycles. The Morgan fingerprint density at radius 2 is 2.00 bits per heavy atom. The Balaban J connectivity index is 1.57. The van der Waals surface area contributed by atoms with Gasteiger partial charge in [0.15, 0.2) is 0 Å². The van der Waals surface area contributed by atoms with Crippen molar-refractivity contribution in [1.29, 1.82) is 0 Å². The SMILES string of the molecule is Cc1ccc(NC(=O)CSc2nnc(-c3ccc(F)cc3)o2)cc1Cl. The topological polar surface area (TPSA) is 68.0 Å². The molecule has 0 radical (unpaired) electrons. The van der Waals surface area contributed by atoms with Crippen molar-refractivity contribution in [2.75, 3.05) is 11.1 Å². The Morgan fingerprint density at radius 1 is 1.24 bits per heavy atom. The monoisotopic (exact) mass is 377 g/mol. The van der Waals surface area contributed by atoms with Crippen LogP contribution < -0.4 is 5.32 Å². The normalized spacial score (nSPS) is 10.7. The number of nitrogens with one attached hydrogen (secondary N) is 1. The van der Waals surface area contributed by atoms with Crippen molar-refractivity contribution in [3.63, 3.8) is 0 Å². The number of carbonyl (C=O) groups is 1. The van der Waals surface area contributed by atoms with E-state index in [1.165, 1.54) is 12.1 Å². The Labute approximate surface area is 152 Å². The fourth-order valence-corrected chi connectivity index (χ4v) is 2.72. The number of rotatable bonds is 5. The van der Waals surface area contributed by atoms with Crippen molar-refractivity contribution in [1.82, 2.24) is 10.2 Å². The number of aromatic nitrogens is 2. The van der Waals surface area contributed by atoms with Gasteiger partial charge in [0.1, 0.15) is 5.82 Å². The molecule has 0 saturated heterocycles. The first kappa shape index (κ1) is 17.4. The van der Waals surface area contributed by atoms with Crippen molar-refractivity contribution in [2.24, 2.45) is 0 Å². The molecule has 8 heteroatoms. The fourth-order valence-electron chi connectivity index (χ4n) is 1.97. The molecule has 0 saturated carbocycles. The van der Waals surface area contributed by atoms with Crippen molar-refractivity contribution >= 4 is 35.0 Å². The molecule has 0 unspecified atom stereocenters. The smallest absolute Gasteiger partial charge is 0.277 e. The Kier molecular flexibility index (Phi) is 5.35. The molecule has 1 amide bonds. The summed E-state index contributed by atoms with van der Waals surface area (Å²) in [6.07, 6.45) is 0. The van der Waals surface area contributed by atoms with E-state index in [1.807, 2.05) is 13.0 Å². The summed E-state index contributed by atoms with van der Waals surface area (Å²) in [5.74, 6) is -0.179.